The van der Waals surface area contributed by atoms with Crippen LogP contribution in [0.2, 0.25) is 0 Å². The third kappa shape index (κ3) is 7.70. The van der Waals surface area contributed by atoms with Gasteiger partial charge in [0.05, 0.1) is 13.3 Å². The van der Waals surface area contributed by atoms with Crippen molar-refractivity contribution in [2.75, 3.05) is 25.6 Å². The van der Waals surface area contributed by atoms with Gasteiger partial charge >= 0.3 is 0 Å². The molecule has 1 aromatic heterocycles. The Hall–Kier alpha value is -3.75. The Balaban J connectivity index is 1.75. The molecule has 0 aliphatic heterocycles. The summed E-state index contributed by atoms with van der Waals surface area (Å²) < 4.78 is 4.75. The Bertz CT molecular complexity index is 892. The van der Waals surface area contributed by atoms with E-state index in [9.17, 15) is 9.59 Å². The number of aliphatic imine (C=N–C) groups is 1. The predicted molar refractivity (Wildman–Crippen MR) is 117 cm³/mol. The van der Waals surface area contributed by atoms with Gasteiger partial charge in [-0.25, -0.2) is 9.98 Å². The SMILES string of the molecule is COC(N)=NCCCCNC(=O)c1ccc(/C=N/Nc2ccc(C(C)=O)cn2)cc1. The molecule has 0 saturated heterocycles. The molecule has 0 unspecified atom stereocenters. The Labute approximate surface area is 175 Å². The molecule has 1 heterocycles. The molecular formula is C21H26N6O3. The van der Waals surface area contributed by atoms with Crippen LogP contribution in [0.15, 0.2) is 52.7 Å². The summed E-state index contributed by atoms with van der Waals surface area (Å²) in [4.78, 5) is 31.5. The standard InChI is InChI=1S/C21H26N6O3/c1-15(28)18-9-10-19(25-14-18)27-26-13-16-5-7-17(8-6-16)20(29)23-11-3-4-12-24-21(22)30-2/h5-10,13-14H,3-4,11-12H2,1-2H3,(H2,22,24)(H,23,29)(H,25,27)/b26-13+. The molecule has 0 bridgehead atoms. The maximum atomic E-state index is 12.2. The van der Waals surface area contributed by atoms with Gasteiger partial charge in [0.25, 0.3) is 11.9 Å². The minimum Gasteiger partial charge on any atom is -0.469 e. The van der Waals surface area contributed by atoms with E-state index >= 15 is 0 Å². The van der Waals surface area contributed by atoms with Crippen molar-refractivity contribution < 1.29 is 14.3 Å². The number of hydrogen-bond acceptors (Lipinski definition) is 7. The highest BCUT2D eigenvalue weighted by Gasteiger charge is 2.04. The molecule has 9 nitrogen and oxygen atoms in total. The normalized spacial score (nSPS) is 11.3. The highest BCUT2D eigenvalue weighted by atomic mass is 16.5. The number of rotatable bonds is 10. The second-order valence-corrected chi connectivity index (χ2v) is 6.37. The van der Waals surface area contributed by atoms with E-state index in [1.54, 1.807) is 42.6 Å². The molecule has 0 atom stereocenters. The van der Waals surface area contributed by atoms with E-state index < -0.39 is 0 Å². The fourth-order valence-corrected chi connectivity index (χ4v) is 2.36. The molecule has 1 aromatic carbocycles. The highest BCUT2D eigenvalue weighted by molar-refractivity contribution is 5.95. The van der Waals surface area contributed by atoms with Gasteiger partial charge in [0, 0.05) is 30.4 Å². The van der Waals surface area contributed by atoms with Gasteiger partial charge in [0.2, 0.25) is 0 Å². The maximum absolute atomic E-state index is 12.2. The molecule has 2 aromatic rings. The van der Waals surface area contributed by atoms with Crippen molar-refractivity contribution in [2.45, 2.75) is 19.8 Å². The van der Waals surface area contributed by atoms with Crippen LogP contribution in [0.1, 0.15) is 46.0 Å². The molecule has 0 fully saturated rings. The number of nitrogens with one attached hydrogen (secondary N) is 2. The minimum absolute atomic E-state index is 0.0388. The van der Waals surface area contributed by atoms with E-state index in [1.807, 2.05) is 0 Å². The third-order valence-corrected chi connectivity index (χ3v) is 4.08. The summed E-state index contributed by atoms with van der Waals surface area (Å²) >= 11 is 0. The Morgan fingerprint density at radius 2 is 1.87 bits per heavy atom. The van der Waals surface area contributed by atoms with Crippen LogP contribution in [0.3, 0.4) is 0 Å². The average Bonchev–Trinajstić information content (AvgIpc) is 2.76. The van der Waals surface area contributed by atoms with Crippen LogP contribution < -0.4 is 16.5 Å². The first kappa shape index (κ1) is 22.5. The molecule has 0 saturated carbocycles. The number of amidine groups is 1. The summed E-state index contributed by atoms with van der Waals surface area (Å²) in [5.74, 6) is 0.359. The lowest BCUT2D eigenvalue weighted by Crippen LogP contribution is -2.24. The minimum atomic E-state index is -0.133. The zero-order valence-electron chi connectivity index (χ0n) is 17.1. The summed E-state index contributed by atoms with van der Waals surface area (Å²) in [6.45, 7) is 2.61. The Morgan fingerprint density at radius 3 is 2.50 bits per heavy atom. The predicted octanol–water partition coefficient (Wildman–Crippen LogP) is 2.20. The molecular weight excluding hydrogens is 384 g/mol. The second-order valence-electron chi connectivity index (χ2n) is 6.37. The largest absolute Gasteiger partial charge is 0.469 e. The number of hydrogen-bond donors (Lipinski definition) is 3. The van der Waals surface area contributed by atoms with Gasteiger partial charge in [0.1, 0.15) is 5.82 Å². The lowest BCUT2D eigenvalue weighted by molar-refractivity contribution is 0.0952. The zero-order valence-corrected chi connectivity index (χ0v) is 17.1. The number of nitrogens with zero attached hydrogens (tertiary/aromatic N) is 3. The van der Waals surface area contributed by atoms with Crippen molar-refractivity contribution in [1.29, 1.82) is 0 Å². The fourth-order valence-electron chi connectivity index (χ4n) is 2.36. The first-order chi connectivity index (χ1) is 14.5. The van der Waals surface area contributed by atoms with Crippen molar-refractivity contribution >= 4 is 29.7 Å². The summed E-state index contributed by atoms with van der Waals surface area (Å²) in [6.07, 6.45) is 4.72. The topological polar surface area (TPSA) is 131 Å². The molecule has 0 aliphatic carbocycles. The van der Waals surface area contributed by atoms with Crippen LogP contribution in [-0.4, -0.2) is 49.1 Å². The first-order valence-electron chi connectivity index (χ1n) is 9.48. The van der Waals surface area contributed by atoms with Gasteiger partial charge in [-0.3, -0.25) is 15.0 Å². The lowest BCUT2D eigenvalue weighted by Gasteiger charge is -2.05. The van der Waals surface area contributed by atoms with E-state index in [-0.39, 0.29) is 17.7 Å². The molecule has 0 aliphatic rings. The average molecular weight is 410 g/mol. The van der Waals surface area contributed by atoms with E-state index in [2.05, 4.69) is 25.8 Å². The number of ether oxygens (including phenoxy) is 1. The van der Waals surface area contributed by atoms with Crippen LogP contribution >= 0.6 is 0 Å². The van der Waals surface area contributed by atoms with Crippen LogP contribution in [0.25, 0.3) is 0 Å². The number of nitrogens with two attached hydrogens (primary N) is 1. The number of ketones is 1. The van der Waals surface area contributed by atoms with Crippen LogP contribution in [0.4, 0.5) is 5.82 Å². The van der Waals surface area contributed by atoms with Crippen molar-refractivity contribution in [1.82, 2.24) is 10.3 Å². The van der Waals surface area contributed by atoms with Crippen molar-refractivity contribution in [3.8, 4) is 0 Å². The summed E-state index contributed by atoms with van der Waals surface area (Å²) in [6, 6.07) is 10.6. The van der Waals surface area contributed by atoms with Crippen molar-refractivity contribution in [3.63, 3.8) is 0 Å². The molecule has 2 rings (SSSR count). The number of hydrazone groups is 1. The highest BCUT2D eigenvalue weighted by Crippen LogP contribution is 2.06. The Kier molecular flexibility index (Phi) is 8.98. The number of methoxy groups -OCH3 is 1. The number of carbonyl (C=O) groups is 2. The number of anilines is 1. The lowest BCUT2D eigenvalue weighted by atomic mass is 10.1. The van der Waals surface area contributed by atoms with E-state index in [1.165, 1.54) is 20.2 Å². The zero-order chi connectivity index (χ0) is 21.8. The fraction of sp³-hybridized carbons (Fsp3) is 0.286. The van der Waals surface area contributed by atoms with Crippen molar-refractivity contribution in [3.05, 3.63) is 59.3 Å². The number of unbranched alkanes of at least 4 members (excludes halogenated alkanes) is 1. The van der Waals surface area contributed by atoms with Gasteiger partial charge in [-0.15, -0.1) is 0 Å². The molecule has 9 heteroatoms. The quantitative estimate of drug-likeness (QED) is 0.181. The number of benzene rings is 1. The number of pyridine rings is 1. The van der Waals surface area contributed by atoms with Gasteiger partial charge in [-0.05, 0) is 49.6 Å². The monoisotopic (exact) mass is 410 g/mol. The van der Waals surface area contributed by atoms with Gasteiger partial charge in [-0.1, -0.05) is 12.1 Å². The van der Waals surface area contributed by atoms with Gasteiger partial charge in [-0.2, -0.15) is 5.10 Å². The van der Waals surface area contributed by atoms with Crippen LogP contribution in [-0.2, 0) is 4.74 Å². The van der Waals surface area contributed by atoms with E-state index in [0.717, 1.165) is 18.4 Å². The molecule has 0 spiro atoms. The summed E-state index contributed by atoms with van der Waals surface area (Å²) in [5.41, 5.74) is 10.2. The molecule has 0 radical (unpaired) electrons. The third-order valence-electron chi connectivity index (χ3n) is 4.08. The van der Waals surface area contributed by atoms with Gasteiger partial charge < -0.3 is 15.8 Å². The summed E-state index contributed by atoms with van der Waals surface area (Å²) in [5, 5.41) is 6.98. The van der Waals surface area contributed by atoms with Gasteiger partial charge in [0.15, 0.2) is 5.78 Å². The molecule has 30 heavy (non-hydrogen) atoms. The second kappa shape index (κ2) is 11.9. The molecule has 1 amide bonds. The van der Waals surface area contributed by atoms with Crippen LogP contribution in [0.5, 0.6) is 0 Å². The van der Waals surface area contributed by atoms with E-state index in [4.69, 9.17) is 10.5 Å². The summed E-state index contributed by atoms with van der Waals surface area (Å²) in [7, 11) is 1.47. The van der Waals surface area contributed by atoms with E-state index in [0.29, 0.717) is 30.0 Å². The number of amides is 1. The number of carbonyl (C=O) groups excluding carboxylic acids is 2. The van der Waals surface area contributed by atoms with Crippen LogP contribution in [0, 0.1) is 0 Å². The number of aromatic nitrogens is 1. The van der Waals surface area contributed by atoms with Crippen molar-refractivity contribution in [2.24, 2.45) is 15.8 Å². The number of Topliss-reactive ketones (excluding diaryl/α,β-unsaturated/α-hetero) is 1. The maximum Gasteiger partial charge on any atom is 0.281 e. The smallest absolute Gasteiger partial charge is 0.281 e. The Morgan fingerprint density at radius 1 is 1.13 bits per heavy atom. The molecule has 158 valence electrons. The molecule has 4 N–H and O–H groups in total. The first-order valence-corrected chi connectivity index (χ1v) is 9.48.